The zero-order chi connectivity index (χ0) is 10.5. The van der Waals surface area contributed by atoms with Crippen molar-refractivity contribution < 1.29 is 4.39 Å². The molecule has 0 radical (unpaired) electrons. The van der Waals surface area contributed by atoms with Crippen molar-refractivity contribution in [1.29, 1.82) is 0 Å². The standard InChI is InChI=1S/C9H10FIN2S/c1-5-7(11)13-4-6(9(2,3)10)14-8(13)12-5/h4H,1-3H3. The van der Waals surface area contributed by atoms with Crippen LogP contribution in [0.5, 0.6) is 0 Å². The fourth-order valence-electron chi connectivity index (χ4n) is 1.20. The van der Waals surface area contributed by atoms with Crippen molar-refractivity contribution in [2.24, 2.45) is 0 Å². The zero-order valence-electron chi connectivity index (χ0n) is 8.14. The van der Waals surface area contributed by atoms with E-state index in [0.29, 0.717) is 0 Å². The van der Waals surface area contributed by atoms with Gasteiger partial charge in [-0.15, -0.1) is 0 Å². The Kier molecular flexibility index (Phi) is 2.34. The lowest BCUT2D eigenvalue weighted by Crippen LogP contribution is -2.06. The van der Waals surface area contributed by atoms with Crippen LogP contribution in [-0.4, -0.2) is 9.38 Å². The molecule has 0 saturated heterocycles. The van der Waals surface area contributed by atoms with Gasteiger partial charge in [-0.2, -0.15) is 0 Å². The van der Waals surface area contributed by atoms with E-state index in [9.17, 15) is 4.39 Å². The minimum atomic E-state index is -1.28. The predicted molar refractivity (Wildman–Crippen MR) is 64.7 cm³/mol. The van der Waals surface area contributed by atoms with E-state index < -0.39 is 5.67 Å². The number of hydrogen-bond acceptors (Lipinski definition) is 2. The van der Waals surface area contributed by atoms with E-state index in [-0.39, 0.29) is 0 Å². The summed E-state index contributed by atoms with van der Waals surface area (Å²) in [6, 6.07) is 0. The van der Waals surface area contributed by atoms with Gasteiger partial charge in [-0.3, -0.25) is 4.40 Å². The number of aromatic nitrogens is 2. The lowest BCUT2D eigenvalue weighted by Gasteiger charge is -2.09. The fraction of sp³-hybridized carbons (Fsp3) is 0.444. The smallest absolute Gasteiger partial charge is 0.195 e. The van der Waals surface area contributed by atoms with E-state index in [1.807, 2.05) is 17.5 Å². The second-order valence-electron chi connectivity index (χ2n) is 3.71. The maximum atomic E-state index is 13.6. The summed E-state index contributed by atoms with van der Waals surface area (Å²) in [5.41, 5.74) is -0.275. The number of halogens is 2. The van der Waals surface area contributed by atoms with Crippen molar-refractivity contribution in [3.63, 3.8) is 0 Å². The van der Waals surface area contributed by atoms with Crippen molar-refractivity contribution in [3.8, 4) is 0 Å². The van der Waals surface area contributed by atoms with Gasteiger partial charge in [0.15, 0.2) is 4.96 Å². The lowest BCUT2D eigenvalue weighted by atomic mass is 10.1. The highest BCUT2D eigenvalue weighted by molar-refractivity contribution is 14.1. The summed E-state index contributed by atoms with van der Waals surface area (Å²) in [6.07, 6.45) is 1.84. The van der Waals surface area contributed by atoms with Crippen LogP contribution in [-0.2, 0) is 5.67 Å². The first-order chi connectivity index (χ1) is 6.39. The Morgan fingerprint density at radius 2 is 2.21 bits per heavy atom. The highest BCUT2D eigenvalue weighted by atomic mass is 127. The van der Waals surface area contributed by atoms with E-state index >= 15 is 0 Å². The highest BCUT2D eigenvalue weighted by Gasteiger charge is 2.23. The molecule has 0 bridgehead atoms. The van der Waals surface area contributed by atoms with Gasteiger partial charge in [-0.1, -0.05) is 11.3 Å². The first-order valence-electron chi connectivity index (χ1n) is 4.23. The number of alkyl halides is 1. The van der Waals surface area contributed by atoms with Crippen LogP contribution in [0.3, 0.4) is 0 Å². The molecule has 0 aromatic carbocycles. The van der Waals surface area contributed by atoms with Gasteiger partial charge in [-0.25, -0.2) is 9.37 Å². The second-order valence-corrected chi connectivity index (χ2v) is 5.74. The summed E-state index contributed by atoms with van der Waals surface area (Å²) < 4.78 is 16.6. The summed E-state index contributed by atoms with van der Waals surface area (Å²) in [7, 11) is 0. The molecule has 2 heterocycles. The largest absolute Gasteiger partial charge is 0.285 e. The molecule has 76 valence electrons. The molecular weight excluding hydrogens is 314 g/mol. The molecule has 0 fully saturated rings. The van der Waals surface area contributed by atoms with Crippen LogP contribution in [0.1, 0.15) is 24.4 Å². The first kappa shape index (κ1) is 10.4. The minimum Gasteiger partial charge on any atom is -0.285 e. The Hall–Kier alpha value is -0.170. The predicted octanol–water partition coefficient (Wildman–Crippen LogP) is 3.51. The number of thiazole rings is 1. The summed E-state index contributed by atoms with van der Waals surface area (Å²) in [5, 5.41) is 0. The molecule has 0 aliphatic carbocycles. The Morgan fingerprint density at radius 1 is 1.57 bits per heavy atom. The number of aryl methyl sites for hydroxylation is 1. The molecular formula is C9H10FIN2S. The number of hydrogen-bond donors (Lipinski definition) is 0. The van der Waals surface area contributed by atoms with E-state index in [1.54, 1.807) is 13.8 Å². The van der Waals surface area contributed by atoms with Gasteiger partial charge >= 0.3 is 0 Å². The van der Waals surface area contributed by atoms with E-state index in [4.69, 9.17) is 0 Å². The summed E-state index contributed by atoms with van der Waals surface area (Å²) >= 11 is 3.64. The third-order valence-corrected chi connectivity index (χ3v) is 4.59. The van der Waals surface area contributed by atoms with Gasteiger partial charge < -0.3 is 0 Å². The molecule has 0 aliphatic rings. The molecule has 0 atom stereocenters. The third kappa shape index (κ3) is 1.56. The molecule has 0 spiro atoms. The van der Waals surface area contributed by atoms with Crippen molar-refractivity contribution in [3.05, 3.63) is 20.5 Å². The van der Waals surface area contributed by atoms with Crippen molar-refractivity contribution in [2.75, 3.05) is 0 Å². The molecule has 0 amide bonds. The number of nitrogens with zero attached hydrogens (tertiary/aromatic N) is 2. The quantitative estimate of drug-likeness (QED) is 0.734. The van der Waals surface area contributed by atoms with Gasteiger partial charge in [0.1, 0.15) is 9.37 Å². The van der Waals surface area contributed by atoms with E-state index in [2.05, 4.69) is 27.6 Å². The number of imidazole rings is 1. The Morgan fingerprint density at radius 3 is 2.71 bits per heavy atom. The molecule has 5 heteroatoms. The van der Waals surface area contributed by atoms with E-state index in [1.165, 1.54) is 11.3 Å². The van der Waals surface area contributed by atoms with Crippen LogP contribution in [0.25, 0.3) is 4.96 Å². The molecule has 0 N–H and O–H groups in total. The monoisotopic (exact) mass is 324 g/mol. The molecule has 2 aromatic rings. The molecule has 2 rings (SSSR count). The summed E-state index contributed by atoms with van der Waals surface area (Å²) in [6.45, 7) is 5.09. The second kappa shape index (κ2) is 3.16. The number of rotatable bonds is 1. The van der Waals surface area contributed by atoms with Crippen LogP contribution in [0.15, 0.2) is 6.20 Å². The molecule has 2 aromatic heterocycles. The fourth-order valence-corrected chi connectivity index (χ4v) is 2.88. The number of fused-ring (bicyclic) bond motifs is 1. The average molecular weight is 324 g/mol. The van der Waals surface area contributed by atoms with Gasteiger partial charge in [0.05, 0.1) is 10.6 Å². The van der Waals surface area contributed by atoms with Crippen molar-refractivity contribution >= 4 is 38.9 Å². The van der Waals surface area contributed by atoms with Crippen LogP contribution in [0, 0.1) is 10.6 Å². The average Bonchev–Trinajstić information content (AvgIpc) is 2.54. The third-order valence-electron chi connectivity index (χ3n) is 2.01. The normalized spacial score (nSPS) is 12.6. The highest BCUT2D eigenvalue weighted by Crippen LogP contribution is 2.32. The first-order valence-corrected chi connectivity index (χ1v) is 6.12. The van der Waals surface area contributed by atoms with Crippen LogP contribution in [0.4, 0.5) is 4.39 Å². The zero-order valence-corrected chi connectivity index (χ0v) is 11.1. The molecule has 0 unspecified atom stereocenters. The Bertz CT molecular complexity index is 481. The van der Waals surface area contributed by atoms with Crippen LogP contribution in [0.2, 0.25) is 0 Å². The van der Waals surface area contributed by atoms with E-state index in [0.717, 1.165) is 19.2 Å². The Balaban J connectivity index is 2.65. The van der Waals surface area contributed by atoms with Crippen molar-refractivity contribution in [2.45, 2.75) is 26.4 Å². The summed E-state index contributed by atoms with van der Waals surface area (Å²) in [5.74, 6) is 0. The SMILES string of the molecule is Cc1nc2sc(C(C)(C)F)cn2c1I. The van der Waals surface area contributed by atoms with Gasteiger partial charge in [0, 0.05) is 6.20 Å². The lowest BCUT2D eigenvalue weighted by molar-refractivity contribution is 0.226. The summed E-state index contributed by atoms with van der Waals surface area (Å²) in [4.78, 5) is 5.94. The Labute approximate surface area is 99.3 Å². The van der Waals surface area contributed by atoms with Crippen LogP contribution >= 0.6 is 33.9 Å². The minimum absolute atomic E-state index is 0.720. The van der Waals surface area contributed by atoms with Crippen LogP contribution < -0.4 is 0 Å². The van der Waals surface area contributed by atoms with Gasteiger partial charge in [0.2, 0.25) is 0 Å². The van der Waals surface area contributed by atoms with Gasteiger partial charge in [0.25, 0.3) is 0 Å². The van der Waals surface area contributed by atoms with Gasteiger partial charge in [-0.05, 0) is 43.4 Å². The molecule has 2 nitrogen and oxygen atoms in total. The topological polar surface area (TPSA) is 17.3 Å². The molecule has 14 heavy (non-hydrogen) atoms. The van der Waals surface area contributed by atoms with Crippen molar-refractivity contribution in [1.82, 2.24) is 9.38 Å². The molecule has 0 saturated carbocycles. The molecule has 0 aliphatic heterocycles. The maximum absolute atomic E-state index is 13.6. The maximum Gasteiger partial charge on any atom is 0.195 e.